The van der Waals surface area contributed by atoms with E-state index in [2.05, 4.69) is 20.1 Å². The molecule has 0 bridgehead atoms. The van der Waals surface area contributed by atoms with Gasteiger partial charge in [0, 0.05) is 10.3 Å². The molecule has 4 aromatic carbocycles. The number of amides is 3. The molecule has 8 rings (SSSR count). The number of thioether (sulfide) groups is 1. The standard InChI is InChI=1S/C43H33N5O17S/c1-43(2)31(38(54)55)48-36(53)28(37(48)66-43)45-33(50)27(19-10-6-5-7-11-19)44-32(49)20-16-21(46-34(51)23-12-8-14-25(62-41(58)60-3)29(23)64-39(46)56)18-22(17-20)47-35(52)24-13-9-15-26(63-42(59)61-4)30(24)65-40(47)57/h5-18,27-28,31,37H,1-4H3,(H,44,49)(H,45,50)(H,54,55). The number of nitrogens with one attached hydrogen (secondary N) is 2. The normalized spacial score (nSPS) is 17.5. The Hall–Kier alpha value is -8.47. The minimum absolute atomic E-state index is 0.221. The molecule has 23 heteroatoms. The maximum absolute atomic E-state index is 14.5. The molecular weight excluding hydrogens is 891 g/mol. The van der Waals surface area contributed by atoms with Crippen molar-refractivity contribution in [3.05, 3.63) is 138 Å². The third kappa shape index (κ3) is 7.69. The lowest BCUT2D eigenvalue weighted by Gasteiger charge is -2.44. The minimum Gasteiger partial charge on any atom is -0.480 e. The quantitative estimate of drug-likeness (QED) is 0.101. The van der Waals surface area contributed by atoms with Crippen LogP contribution in [0.25, 0.3) is 33.3 Å². The van der Waals surface area contributed by atoms with Crippen LogP contribution in [0, 0.1) is 0 Å². The number of rotatable bonds is 10. The van der Waals surface area contributed by atoms with Crippen LogP contribution >= 0.6 is 11.8 Å². The molecule has 0 aliphatic carbocycles. The van der Waals surface area contributed by atoms with Gasteiger partial charge in [-0.3, -0.25) is 24.0 Å². The predicted molar refractivity (Wildman–Crippen MR) is 228 cm³/mol. The van der Waals surface area contributed by atoms with Crippen molar-refractivity contribution in [2.45, 2.75) is 42.1 Å². The second-order valence-corrected chi connectivity index (χ2v) is 16.8. The highest BCUT2D eigenvalue weighted by Crippen LogP contribution is 2.51. The van der Waals surface area contributed by atoms with Crippen LogP contribution < -0.4 is 42.7 Å². The zero-order valence-corrected chi connectivity index (χ0v) is 35.4. The maximum Gasteiger partial charge on any atom is 0.513 e. The third-order valence-electron chi connectivity index (χ3n) is 10.6. The molecule has 2 aromatic heterocycles. The summed E-state index contributed by atoms with van der Waals surface area (Å²) in [6.07, 6.45) is -2.39. The maximum atomic E-state index is 14.5. The number of carboxylic acid groups (broad SMARTS) is 1. The van der Waals surface area contributed by atoms with Gasteiger partial charge in [-0.25, -0.2) is 33.1 Å². The topological polar surface area (TPSA) is 291 Å². The molecule has 4 unspecified atom stereocenters. The number of carbonyl (C=O) groups excluding carboxylic acids is 5. The van der Waals surface area contributed by atoms with Crippen LogP contribution in [0.4, 0.5) is 9.59 Å². The molecule has 0 saturated carbocycles. The first-order chi connectivity index (χ1) is 31.4. The van der Waals surface area contributed by atoms with Gasteiger partial charge in [0.15, 0.2) is 22.7 Å². The highest BCUT2D eigenvalue weighted by Gasteiger charge is 2.64. The number of benzene rings is 4. The molecule has 4 atom stereocenters. The SMILES string of the molecule is COC(=O)Oc1cccc2c(=O)n(-c3cc(C(=O)NC(C(=O)NC4C(=O)N5C4SC(C)(C)C5C(=O)O)c4ccccc4)cc(-n4c(=O)oc5c(OC(=O)OC)cccc5c4=O)c3)c(=O)oc12. The highest BCUT2D eigenvalue weighted by molar-refractivity contribution is 8.01. The molecule has 22 nitrogen and oxygen atoms in total. The van der Waals surface area contributed by atoms with E-state index in [0.29, 0.717) is 9.13 Å². The monoisotopic (exact) mass is 923 g/mol. The van der Waals surface area contributed by atoms with Gasteiger partial charge in [-0.2, -0.15) is 0 Å². The van der Waals surface area contributed by atoms with E-state index in [9.17, 15) is 53.1 Å². The number of carboxylic acids is 1. The van der Waals surface area contributed by atoms with Crippen LogP contribution in [0.2, 0.25) is 0 Å². The Kier molecular flexibility index (Phi) is 11.3. The van der Waals surface area contributed by atoms with E-state index < -0.39 is 115 Å². The number of carbonyl (C=O) groups is 6. The summed E-state index contributed by atoms with van der Waals surface area (Å²) in [5, 5.41) is 13.7. The largest absolute Gasteiger partial charge is 0.513 e. The molecule has 3 amide bonds. The van der Waals surface area contributed by atoms with E-state index in [0.717, 1.165) is 32.4 Å². The van der Waals surface area contributed by atoms with E-state index in [-0.39, 0.29) is 27.8 Å². The number of fused-ring (bicyclic) bond motifs is 3. The first-order valence-electron chi connectivity index (χ1n) is 19.4. The Morgan fingerprint density at radius 2 is 1.24 bits per heavy atom. The number of hydrogen-bond donors (Lipinski definition) is 3. The number of ether oxygens (including phenoxy) is 4. The Morgan fingerprint density at radius 1 is 0.727 bits per heavy atom. The van der Waals surface area contributed by atoms with Crippen LogP contribution in [-0.4, -0.2) is 91.6 Å². The molecule has 6 aromatic rings. The summed E-state index contributed by atoms with van der Waals surface area (Å²) in [7, 11) is 2.05. The van der Waals surface area contributed by atoms with E-state index in [1.165, 1.54) is 65.2 Å². The van der Waals surface area contributed by atoms with Crippen LogP contribution in [-0.2, 0) is 23.9 Å². The van der Waals surface area contributed by atoms with Gasteiger partial charge in [0.25, 0.3) is 17.0 Å². The van der Waals surface area contributed by atoms with Crippen molar-refractivity contribution in [3.63, 3.8) is 0 Å². The van der Waals surface area contributed by atoms with Gasteiger partial charge in [-0.15, -0.1) is 11.8 Å². The van der Waals surface area contributed by atoms with Crippen molar-refractivity contribution < 1.29 is 61.7 Å². The Labute approximate surface area is 372 Å². The molecular formula is C43H33N5O17S. The molecule has 2 aliphatic heterocycles. The van der Waals surface area contributed by atoms with Gasteiger partial charge in [-0.05, 0) is 61.9 Å². The lowest BCUT2D eigenvalue weighted by Crippen LogP contribution is -2.71. The fraction of sp³-hybridized carbons (Fsp3) is 0.209. The molecule has 2 saturated heterocycles. The van der Waals surface area contributed by atoms with Crippen molar-refractivity contribution in [1.82, 2.24) is 24.7 Å². The van der Waals surface area contributed by atoms with Gasteiger partial charge >= 0.3 is 29.8 Å². The minimum atomic E-state index is -1.55. The zero-order chi connectivity index (χ0) is 47.4. The van der Waals surface area contributed by atoms with Gasteiger partial charge < -0.3 is 48.4 Å². The van der Waals surface area contributed by atoms with Crippen molar-refractivity contribution in [2.24, 2.45) is 0 Å². The number of para-hydroxylation sites is 2. The van der Waals surface area contributed by atoms with Gasteiger partial charge in [0.2, 0.25) is 11.8 Å². The number of methoxy groups -OCH3 is 2. The molecule has 3 N–H and O–H groups in total. The number of aromatic nitrogens is 2. The third-order valence-corrected chi connectivity index (χ3v) is 12.2. The van der Waals surface area contributed by atoms with Gasteiger partial charge in [0.1, 0.15) is 23.5 Å². The van der Waals surface area contributed by atoms with E-state index in [1.54, 1.807) is 32.0 Å². The van der Waals surface area contributed by atoms with Crippen LogP contribution in [0.15, 0.2) is 113 Å². The Bertz CT molecular complexity index is 3160. The van der Waals surface area contributed by atoms with E-state index in [4.69, 9.17) is 18.3 Å². The fourth-order valence-electron chi connectivity index (χ4n) is 7.65. The summed E-state index contributed by atoms with van der Waals surface area (Å²) in [5.74, 6) is -7.32. The highest BCUT2D eigenvalue weighted by atomic mass is 32.2. The van der Waals surface area contributed by atoms with Crippen LogP contribution in [0.3, 0.4) is 0 Å². The molecule has 0 radical (unpaired) electrons. The first-order valence-corrected chi connectivity index (χ1v) is 20.3. The van der Waals surface area contributed by atoms with Crippen molar-refractivity contribution in [2.75, 3.05) is 14.2 Å². The van der Waals surface area contributed by atoms with Crippen LogP contribution in [0.5, 0.6) is 11.5 Å². The predicted octanol–water partition coefficient (Wildman–Crippen LogP) is 2.59. The van der Waals surface area contributed by atoms with Gasteiger partial charge in [-0.1, -0.05) is 42.5 Å². The van der Waals surface area contributed by atoms with Crippen LogP contribution in [0.1, 0.15) is 35.8 Å². The summed E-state index contributed by atoms with van der Waals surface area (Å²) in [6.45, 7) is 3.32. The van der Waals surface area contributed by atoms with Crippen molar-refractivity contribution in [3.8, 4) is 22.9 Å². The molecule has 2 fully saturated rings. The second-order valence-electron chi connectivity index (χ2n) is 15.0. The van der Waals surface area contributed by atoms with E-state index >= 15 is 0 Å². The first kappa shape index (κ1) is 44.1. The molecule has 2 aliphatic rings. The fourth-order valence-corrected chi connectivity index (χ4v) is 9.27. The second kappa shape index (κ2) is 16.9. The average molecular weight is 924 g/mol. The van der Waals surface area contributed by atoms with Crippen molar-refractivity contribution >= 4 is 69.7 Å². The lowest BCUT2D eigenvalue weighted by molar-refractivity contribution is -0.161. The smallest absolute Gasteiger partial charge is 0.480 e. The molecule has 66 heavy (non-hydrogen) atoms. The number of nitrogens with zero attached hydrogens (tertiary/aromatic N) is 3. The molecule has 338 valence electrons. The van der Waals surface area contributed by atoms with Crippen molar-refractivity contribution in [1.29, 1.82) is 0 Å². The summed E-state index contributed by atoms with van der Waals surface area (Å²) in [5.41, 5.74) is -4.22. The zero-order valence-electron chi connectivity index (χ0n) is 34.6. The van der Waals surface area contributed by atoms with Gasteiger partial charge in [0.05, 0.1) is 36.4 Å². The number of aliphatic carboxylic acids is 1. The Morgan fingerprint density at radius 3 is 1.73 bits per heavy atom. The lowest BCUT2D eigenvalue weighted by atomic mass is 9.95. The average Bonchev–Trinajstić information content (AvgIpc) is 3.55. The molecule has 0 spiro atoms. The number of β-lactam (4-membered cyclic amide) rings is 1. The summed E-state index contributed by atoms with van der Waals surface area (Å²) in [6, 6.07) is 14.5. The summed E-state index contributed by atoms with van der Waals surface area (Å²) < 4.78 is 30.0. The summed E-state index contributed by atoms with van der Waals surface area (Å²) >= 11 is 1.18. The summed E-state index contributed by atoms with van der Waals surface area (Å²) in [4.78, 5) is 135. The van der Waals surface area contributed by atoms with E-state index in [1.807, 2.05) is 0 Å². The Balaban J connectivity index is 1.25. The number of hydrogen-bond acceptors (Lipinski definition) is 17. The molecule has 4 heterocycles.